The summed E-state index contributed by atoms with van der Waals surface area (Å²) in [6.45, 7) is 6.23. The Morgan fingerprint density at radius 2 is 2.10 bits per heavy atom. The molecule has 1 saturated heterocycles. The van der Waals surface area contributed by atoms with E-state index in [0.29, 0.717) is 13.2 Å². The Morgan fingerprint density at radius 3 is 2.80 bits per heavy atom. The highest BCUT2D eigenvalue weighted by molar-refractivity contribution is 5.85. The van der Waals surface area contributed by atoms with Gasteiger partial charge in [0.1, 0.15) is 0 Å². The van der Waals surface area contributed by atoms with Crippen LogP contribution in [0, 0.1) is 5.92 Å². The second-order valence-corrected chi connectivity index (χ2v) is 5.66. The van der Waals surface area contributed by atoms with Gasteiger partial charge in [0.2, 0.25) is 0 Å². The predicted molar refractivity (Wildman–Crippen MR) is 84.2 cm³/mol. The van der Waals surface area contributed by atoms with Gasteiger partial charge >= 0.3 is 0 Å². The van der Waals surface area contributed by atoms with Crippen molar-refractivity contribution in [2.24, 2.45) is 5.92 Å². The molecule has 2 rings (SSSR count). The van der Waals surface area contributed by atoms with E-state index in [1.54, 1.807) is 0 Å². The number of nitrogens with zero attached hydrogens (tertiary/aromatic N) is 1. The fourth-order valence-electron chi connectivity index (χ4n) is 2.69. The normalized spacial score (nSPS) is 21.2. The molecule has 1 N–H and O–H groups in total. The number of ether oxygens (including phenoxy) is 1. The number of hydrogen-bond acceptors (Lipinski definition) is 3. The smallest absolute Gasteiger partial charge is 0.0900 e. The minimum absolute atomic E-state index is 0. The van der Waals surface area contributed by atoms with Gasteiger partial charge in [-0.2, -0.15) is 0 Å². The van der Waals surface area contributed by atoms with Crippen LogP contribution in [0.2, 0.25) is 0 Å². The lowest BCUT2D eigenvalue weighted by molar-refractivity contribution is 0.00377. The van der Waals surface area contributed by atoms with E-state index in [1.165, 1.54) is 12.8 Å². The van der Waals surface area contributed by atoms with Gasteiger partial charge < -0.3 is 14.7 Å². The third-order valence-corrected chi connectivity index (χ3v) is 3.63. The van der Waals surface area contributed by atoms with Crippen LogP contribution >= 0.6 is 12.4 Å². The second-order valence-electron chi connectivity index (χ2n) is 5.66. The fourth-order valence-corrected chi connectivity index (χ4v) is 2.69. The molecule has 2 unspecified atom stereocenters. The summed E-state index contributed by atoms with van der Waals surface area (Å²) in [4.78, 5) is 2.35. The maximum atomic E-state index is 10.00. The van der Waals surface area contributed by atoms with Gasteiger partial charge in [-0.3, -0.25) is 0 Å². The predicted octanol–water partition coefficient (Wildman–Crippen LogP) is 2.72. The summed E-state index contributed by atoms with van der Waals surface area (Å²) in [5.74, 6) is 0.756. The van der Waals surface area contributed by atoms with Crippen LogP contribution in [0.1, 0.15) is 25.3 Å². The Balaban J connectivity index is 0.00000200. The van der Waals surface area contributed by atoms with Gasteiger partial charge in [-0.1, -0.05) is 37.3 Å². The zero-order chi connectivity index (χ0) is 13.5. The molecule has 114 valence electrons. The summed E-state index contributed by atoms with van der Waals surface area (Å²) >= 11 is 0. The molecular weight excluding hydrogens is 274 g/mol. The summed E-state index contributed by atoms with van der Waals surface area (Å²) in [7, 11) is 0. The van der Waals surface area contributed by atoms with Crippen LogP contribution in [0.5, 0.6) is 0 Å². The van der Waals surface area contributed by atoms with Crippen molar-refractivity contribution < 1.29 is 9.84 Å². The molecule has 0 radical (unpaired) electrons. The molecule has 1 fully saturated rings. The van der Waals surface area contributed by atoms with Crippen molar-refractivity contribution in [3.8, 4) is 0 Å². The Morgan fingerprint density at radius 1 is 1.35 bits per heavy atom. The SMILES string of the molecule is CC1CCCN(CC(O)COCc2ccccc2)C1.Cl. The molecular formula is C16H26ClNO2. The van der Waals surface area contributed by atoms with E-state index in [4.69, 9.17) is 4.74 Å². The van der Waals surface area contributed by atoms with Crippen LogP contribution in [-0.4, -0.2) is 42.4 Å². The molecule has 3 nitrogen and oxygen atoms in total. The molecule has 20 heavy (non-hydrogen) atoms. The Hall–Kier alpha value is -0.610. The van der Waals surface area contributed by atoms with Crippen molar-refractivity contribution in [3.63, 3.8) is 0 Å². The van der Waals surface area contributed by atoms with Gasteiger partial charge in [0.25, 0.3) is 0 Å². The van der Waals surface area contributed by atoms with E-state index < -0.39 is 0 Å². The zero-order valence-corrected chi connectivity index (χ0v) is 13.0. The number of halogens is 1. The van der Waals surface area contributed by atoms with E-state index in [0.717, 1.165) is 31.1 Å². The number of β-amino-alcohol motifs (C(OH)–C–C–N with tert-alkyl or cyclic N) is 1. The molecule has 1 heterocycles. The average molecular weight is 300 g/mol. The summed E-state index contributed by atoms with van der Waals surface area (Å²) in [5.41, 5.74) is 1.15. The van der Waals surface area contributed by atoms with E-state index in [2.05, 4.69) is 11.8 Å². The zero-order valence-electron chi connectivity index (χ0n) is 12.2. The number of benzene rings is 1. The third-order valence-electron chi connectivity index (χ3n) is 3.63. The van der Waals surface area contributed by atoms with E-state index in [1.807, 2.05) is 30.3 Å². The van der Waals surface area contributed by atoms with Crippen LogP contribution in [0.4, 0.5) is 0 Å². The monoisotopic (exact) mass is 299 g/mol. The van der Waals surface area contributed by atoms with Crippen LogP contribution < -0.4 is 0 Å². The highest BCUT2D eigenvalue weighted by Crippen LogP contribution is 2.15. The maximum absolute atomic E-state index is 10.00. The standard InChI is InChI=1S/C16H25NO2.ClH/c1-14-6-5-9-17(10-14)11-16(18)13-19-12-15-7-3-2-4-8-15;/h2-4,7-8,14,16,18H,5-6,9-13H2,1H3;1H. The lowest BCUT2D eigenvalue weighted by Gasteiger charge is -2.32. The first-order valence-electron chi connectivity index (χ1n) is 7.26. The average Bonchev–Trinajstić information content (AvgIpc) is 2.40. The highest BCUT2D eigenvalue weighted by atomic mass is 35.5. The van der Waals surface area contributed by atoms with E-state index >= 15 is 0 Å². The highest BCUT2D eigenvalue weighted by Gasteiger charge is 2.18. The molecule has 0 spiro atoms. The van der Waals surface area contributed by atoms with Gasteiger partial charge in [-0.05, 0) is 30.9 Å². The second kappa shape index (κ2) is 9.35. The summed E-state index contributed by atoms with van der Waals surface area (Å²) < 4.78 is 5.57. The van der Waals surface area contributed by atoms with Crippen LogP contribution in [0.15, 0.2) is 30.3 Å². The lowest BCUT2D eigenvalue weighted by Crippen LogP contribution is -2.40. The lowest BCUT2D eigenvalue weighted by atomic mass is 10.0. The Bertz CT molecular complexity index is 361. The number of aliphatic hydroxyl groups excluding tert-OH is 1. The van der Waals surface area contributed by atoms with Crippen molar-refractivity contribution in [1.29, 1.82) is 0 Å². The molecule has 1 aromatic rings. The number of piperidine rings is 1. The van der Waals surface area contributed by atoms with Gasteiger partial charge in [-0.25, -0.2) is 0 Å². The van der Waals surface area contributed by atoms with Gasteiger partial charge in [0, 0.05) is 13.1 Å². The minimum Gasteiger partial charge on any atom is -0.389 e. The molecule has 1 aliphatic heterocycles. The van der Waals surface area contributed by atoms with Gasteiger partial charge in [0.05, 0.1) is 19.3 Å². The Labute approximate surface area is 128 Å². The van der Waals surface area contributed by atoms with Crippen molar-refractivity contribution >= 4 is 12.4 Å². The topological polar surface area (TPSA) is 32.7 Å². The molecule has 0 saturated carbocycles. The number of hydrogen-bond donors (Lipinski definition) is 1. The summed E-state index contributed by atoms with van der Waals surface area (Å²) in [6, 6.07) is 10.1. The summed E-state index contributed by atoms with van der Waals surface area (Å²) in [6.07, 6.45) is 2.18. The van der Waals surface area contributed by atoms with E-state index in [9.17, 15) is 5.11 Å². The van der Waals surface area contributed by atoms with Crippen LogP contribution in [0.3, 0.4) is 0 Å². The van der Waals surface area contributed by atoms with Crippen molar-refractivity contribution in [2.75, 3.05) is 26.2 Å². The number of rotatable bonds is 6. The number of likely N-dealkylation sites (tertiary alicyclic amines) is 1. The Kier molecular flexibility index (Phi) is 8.15. The quantitative estimate of drug-likeness (QED) is 0.877. The molecule has 2 atom stereocenters. The first kappa shape index (κ1) is 17.4. The molecule has 0 amide bonds. The van der Waals surface area contributed by atoms with E-state index in [-0.39, 0.29) is 18.5 Å². The van der Waals surface area contributed by atoms with Crippen LogP contribution in [-0.2, 0) is 11.3 Å². The summed E-state index contributed by atoms with van der Waals surface area (Å²) in [5, 5.41) is 10.00. The minimum atomic E-state index is -0.381. The largest absolute Gasteiger partial charge is 0.389 e. The fraction of sp³-hybridized carbons (Fsp3) is 0.625. The van der Waals surface area contributed by atoms with Gasteiger partial charge in [-0.15, -0.1) is 12.4 Å². The third kappa shape index (κ3) is 6.23. The molecule has 0 aromatic heterocycles. The molecule has 1 aromatic carbocycles. The van der Waals surface area contributed by atoms with Crippen molar-refractivity contribution in [3.05, 3.63) is 35.9 Å². The van der Waals surface area contributed by atoms with Crippen molar-refractivity contribution in [1.82, 2.24) is 4.90 Å². The molecule has 0 aliphatic carbocycles. The first-order valence-corrected chi connectivity index (χ1v) is 7.26. The number of aliphatic hydroxyl groups is 1. The van der Waals surface area contributed by atoms with Crippen molar-refractivity contribution in [2.45, 2.75) is 32.5 Å². The van der Waals surface area contributed by atoms with Gasteiger partial charge in [0.15, 0.2) is 0 Å². The molecule has 4 heteroatoms. The maximum Gasteiger partial charge on any atom is 0.0900 e. The molecule has 1 aliphatic rings. The molecule has 0 bridgehead atoms. The first-order chi connectivity index (χ1) is 9.24. The van der Waals surface area contributed by atoms with Crippen LogP contribution in [0.25, 0.3) is 0 Å².